The fraction of sp³-hybridized carbons (Fsp3) is 0.611. The first-order valence-electron chi connectivity index (χ1n) is 8.46. The summed E-state index contributed by atoms with van der Waals surface area (Å²) in [7, 11) is 0. The van der Waals surface area contributed by atoms with Crippen LogP contribution in [0.25, 0.3) is 0 Å². The van der Waals surface area contributed by atoms with Crippen molar-refractivity contribution in [2.75, 3.05) is 24.5 Å². The highest BCUT2D eigenvalue weighted by atomic mass is 16.2. The smallest absolute Gasteiger partial charge is 0.225 e. The number of carbonyl (C=O) groups is 1. The molecule has 4 rings (SSSR count). The van der Waals surface area contributed by atoms with Crippen molar-refractivity contribution in [2.24, 2.45) is 5.92 Å². The minimum atomic E-state index is 0.314. The number of nitrogens with zero attached hydrogens (tertiary/aromatic N) is 2. The van der Waals surface area contributed by atoms with E-state index in [0.717, 1.165) is 38.9 Å². The number of para-hydroxylation sites is 1. The van der Waals surface area contributed by atoms with E-state index in [0.29, 0.717) is 17.9 Å². The molecule has 0 spiro atoms. The van der Waals surface area contributed by atoms with Crippen molar-refractivity contribution in [2.45, 2.75) is 44.6 Å². The van der Waals surface area contributed by atoms with E-state index in [1.807, 2.05) is 0 Å². The second-order valence-electron chi connectivity index (χ2n) is 6.80. The molecule has 1 atom stereocenters. The summed E-state index contributed by atoms with van der Waals surface area (Å²) in [6.45, 7) is 2.82. The Hall–Kier alpha value is -1.51. The Morgan fingerprint density at radius 1 is 1.05 bits per heavy atom. The second kappa shape index (κ2) is 5.36. The Kier molecular flexibility index (Phi) is 3.36. The quantitative estimate of drug-likeness (QED) is 0.791. The van der Waals surface area contributed by atoms with Crippen molar-refractivity contribution in [3.8, 4) is 0 Å². The number of hydrogen-bond donors (Lipinski definition) is 0. The van der Waals surface area contributed by atoms with Gasteiger partial charge in [-0.15, -0.1) is 0 Å². The molecule has 1 amide bonds. The van der Waals surface area contributed by atoms with Gasteiger partial charge in [0.2, 0.25) is 5.91 Å². The van der Waals surface area contributed by atoms with Crippen LogP contribution in [0.2, 0.25) is 0 Å². The predicted molar refractivity (Wildman–Crippen MR) is 84.4 cm³/mol. The Bertz CT molecular complexity index is 536. The lowest BCUT2D eigenvalue weighted by Gasteiger charge is -2.40. The minimum absolute atomic E-state index is 0.314. The van der Waals surface area contributed by atoms with Crippen LogP contribution in [0, 0.1) is 5.92 Å². The summed E-state index contributed by atoms with van der Waals surface area (Å²) in [6, 6.07) is 9.22. The van der Waals surface area contributed by atoms with Crippen molar-refractivity contribution in [3.05, 3.63) is 29.8 Å². The van der Waals surface area contributed by atoms with Gasteiger partial charge >= 0.3 is 0 Å². The maximum atomic E-state index is 12.7. The van der Waals surface area contributed by atoms with Gasteiger partial charge in [-0.2, -0.15) is 0 Å². The molecule has 1 saturated heterocycles. The first-order chi connectivity index (χ1) is 10.3. The average molecular weight is 284 g/mol. The zero-order valence-electron chi connectivity index (χ0n) is 12.6. The van der Waals surface area contributed by atoms with Gasteiger partial charge in [0.25, 0.3) is 0 Å². The second-order valence-corrected chi connectivity index (χ2v) is 6.80. The van der Waals surface area contributed by atoms with Gasteiger partial charge < -0.3 is 9.80 Å². The molecule has 3 nitrogen and oxygen atoms in total. The van der Waals surface area contributed by atoms with Crippen LogP contribution in [0.1, 0.15) is 37.7 Å². The molecule has 0 bridgehead atoms. The van der Waals surface area contributed by atoms with Gasteiger partial charge in [0, 0.05) is 31.2 Å². The van der Waals surface area contributed by atoms with E-state index in [-0.39, 0.29) is 0 Å². The summed E-state index contributed by atoms with van der Waals surface area (Å²) >= 11 is 0. The molecule has 3 aliphatic rings. The molecular formula is C18H24N2O. The Labute approximate surface area is 126 Å². The number of anilines is 1. The Morgan fingerprint density at radius 2 is 1.86 bits per heavy atom. The summed E-state index contributed by atoms with van der Waals surface area (Å²) < 4.78 is 0. The standard InChI is InChI=1S/C18H24N2O/c21-18(14-6-2-1-3-7-14)19-10-11-20-16(13-19)12-15-8-4-5-9-17(15)20/h4-5,8-9,14,16H,1-3,6-7,10-13H2. The van der Waals surface area contributed by atoms with Gasteiger partial charge in [0.05, 0.1) is 6.04 Å². The highest BCUT2D eigenvalue weighted by Gasteiger charge is 2.37. The molecule has 1 aliphatic carbocycles. The summed E-state index contributed by atoms with van der Waals surface area (Å²) in [5.41, 5.74) is 2.85. The number of benzene rings is 1. The van der Waals surface area contributed by atoms with Gasteiger partial charge in [0.1, 0.15) is 0 Å². The highest BCUT2D eigenvalue weighted by Crippen LogP contribution is 2.34. The number of rotatable bonds is 1. The van der Waals surface area contributed by atoms with Crippen LogP contribution in [0.3, 0.4) is 0 Å². The normalized spacial score (nSPS) is 25.6. The van der Waals surface area contributed by atoms with Crippen molar-refractivity contribution in [3.63, 3.8) is 0 Å². The third-order valence-electron chi connectivity index (χ3n) is 5.51. The van der Waals surface area contributed by atoms with E-state index in [9.17, 15) is 4.79 Å². The van der Waals surface area contributed by atoms with E-state index < -0.39 is 0 Å². The maximum Gasteiger partial charge on any atom is 0.225 e. The molecule has 2 aliphatic heterocycles. The fourth-order valence-electron chi connectivity index (χ4n) is 4.37. The molecule has 0 N–H and O–H groups in total. The van der Waals surface area contributed by atoms with E-state index in [4.69, 9.17) is 0 Å². The lowest BCUT2D eigenvalue weighted by atomic mass is 9.88. The van der Waals surface area contributed by atoms with Gasteiger partial charge in [-0.05, 0) is 30.9 Å². The molecule has 1 saturated carbocycles. The lowest BCUT2D eigenvalue weighted by molar-refractivity contribution is -0.137. The first kappa shape index (κ1) is 13.2. The first-order valence-corrected chi connectivity index (χ1v) is 8.46. The molecule has 0 radical (unpaired) electrons. The number of hydrogen-bond acceptors (Lipinski definition) is 2. The van der Waals surface area contributed by atoms with E-state index in [2.05, 4.69) is 34.1 Å². The summed E-state index contributed by atoms with van der Waals surface area (Å²) in [5, 5.41) is 0. The van der Waals surface area contributed by atoms with Crippen LogP contribution >= 0.6 is 0 Å². The molecule has 21 heavy (non-hydrogen) atoms. The van der Waals surface area contributed by atoms with Crippen molar-refractivity contribution in [1.82, 2.24) is 4.90 Å². The van der Waals surface area contributed by atoms with Gasteiger partial charge in [0.15, 0.2) is 0 Å². The van der Waals surface area contributed by atoms with Crippen LogP contribution in [0.15, 0.2) is 24.3 Å². The van der Waals surface area contributed by atoms with E-state index >= 15 is 0 Å². The Balaban J connectivity index is 1.45. The summed E-state index contributed by atoms with van der Waals surface area (Å²) in [4.78, 5) is 17.4. The SMILES string of the molecule is O=C(C1CCCCC1)N1CCN2c3ccccc3CC2C1. The average Bonchev–Trinajstić information content (AvgIpc) is 2.92. The number of fused-ring (bicyclic) bond motifs is 3. The molecule has 3 heteroatoms. The molecule has 1 aromatic rings. The summed E-state index contributed by atoms with van der Waals surface area (Å²) in [6.07, 6.45) is 7.13. The minimum Gasteiger partial charge on any atom is -0.364 e. The van der Waals surface area contributed by atoms with Crippen LogP contribution in [0.5, 0.6) is 0 Å². The zero-order valence-corrected chi connectivity index (χ0v) is 12.6. The molecular weight excluding hydrogens is 260 g/mol. The summed E-state index contributed by atoms with van der Waals surface area (Å²) in [5.74, 6) is 0.749. The van der Waals surface area contributed by atoms with Gasteiger partial charge in [-0.25, -0.2) is 0 Å². The van der Waals surface area contributed by atoms with Crippen molar-refractivity contribution in [1.29, 1.82) is 0 Å². The maximum absolute atomic E-state index is 12.7. The zero-order chi connectivity index (χ0) is 14.2. The van der Waals surface area contributed by atoms with Gasteiger partial charge in [-0.3, -0.25) is 4.79 Å². The topological polar surface area (TPSA) is 23.6 Å². The number of amides is 1. The lowest BCUT2D eigenvalue weighted by Crippen LogP contribution is -2.54. The highest BCUT2D eigenvalue weighted by molar-refractivity contribution is 5.79. The van der Waals surface area contributed by atoms with Crippen LogP contribution in [0.4, 0.5) is 5.69 Å². The third-order valence-corrected chi connectivity index (χ3v) is 5.51. The largest absolute Gasteiger partial charge is 0.364 e. The molecule has 0 aromatic heterocycles. The Morgan fingerprint density at radius 3 is 2.71 bits per heavy atom. The molecule has 2 heterocycles. The van der Waals surface area contributed by atoms with E-state index in [1.165, 1.54) is 30.5 Å². The van der Waals surface area contributed by atoms with E-state index in [1.54, 1.807) is 0 Å². The van der Waals surface area contributed by atoms with Crippen molar-refractivity contribution < 1.29 is 4.79 Å². The predicted octanol–water partition coefficient (Wildman–Crippen LogP) is 2.84. The number of carbonyl (C=O) groups excluding carboxylic acids is 1. The van der Waals surface area contributed by atoms with Crippen LogP contribution < -0.4 is 4.90 Å². The molecule has 2 fully saturated rings. The number of piperazine rings is 1. The molecule has 1 aromatic carbocycles. The van der Waals surface area contributed by atoms with Crippen LogP contribution in [-0.2, 0) is 11.2 Å². The fourth-order valence-corrected chi connectivity index (χ4v) is 4.37. The third kappa shape index (κ3) is 2.33. The molecule has 112 valence electrons. The van der Waals surface area contributed by atoms with Crippen molar-refractivity contribution >= 4 is 11.6 Å². The van der Waals surface area contributed by atoms with Crippen LogP contribution in [-0.4, -0.2) is 36.5 Å². The van der Waals surface area contributed by atoms with Gasteiger partial charge in [-0.1, -0.05) is 37.5 Å². The molecule has 1 unspecified atom stereocenters. The monoisotopic (exact) mass is 284 g/mol.